The highest BCUT2D eigenvalue weighted by Crippen LogP contribution is 2.24. The SMILES string of the molecule is CC[NH+](CC)CCC[C@@H](C)NC(=O)c1cc2oc(C)cc2n1CCCc1ccccc1. The number of amides is 1. The van der Waals surface area contributed by atoms with Gasteiger partial charge in [0.1, 0.15) is 11.5 Å². The number of aryl methyl sites for hydroxylation is 3. The third-order valence-electron chi connectivity index (χ3n) is 6.18. The lowest BCUT2D eigenvalue weighted by molar-refractivity contribution is -0.896. The molecular weight excluding hydrogens is 386 g/mol. The van der Waals surface area contributed by atoms with E-state index in [1.54, 1.807) is 4.90 Å². The Balaban J connectivity index is 1.63. The van der Waals surface area contributed by atoms with Crippen LogP contribution in [0.15, 0.2) is 46.9 Å². The van der Waals surface area contributed by atoms with Crippen molar-refractivity contribution in [1.82, 2.24) is 9.88 Å². The Kier molecular flexibility index (Phi) is 8.35. The van der Waals surface area contributed by atoms with Gasteiger partial charge in [0.05, 0.1) is 25.2 Å². The molecule has 2 heterocycles. The average molecular weight is 425 g/mol. The lowest BCUT2D eigenvalue weighted by Crippen LogP contribution is -3.11. The predicted octanol–water partition coefficient (Wildman–Crippen LogP) is 4.00. The third kappa shape index (κ3) is 6.23. The third-order valence-corrected chi connectivity index (χ3v) is 6.18. The largest absolute Gasteiger partial charge is 0.460 e. The first kappa shape index (κ1) is 23.1. The van der Waals surface area contributed by atoms with Gasteiger partial charge in [0.15, 0.2) is 5.58 Å². The van der Waals surface area contributed by atoms with Crippen LogP contribution in [0.25, 0.3) is 11.1 Å². The molecule has 3 rings (SSSR count). The van der Waals surface area contributed by atoms with E-state index in [2.05, 4.69) is 54.9 Å². The number of carbonyl (C=O) groups is 1. The van der Waals surface area contributed by atoms with E-state index in [0.717, 1.165) is 68.7 Å². The van der Waals surface area contributed by atoms with E-state index in [1.165, 1.54) is 5.56 Å². The molecule has 1 amide bonds. The Morgan fingerprint density at radius 3 is 2.58 bits per heavy atom. The van der Waals surface area contributed by atoms with Crippen LogP contribution in [0, 0.1) is 6.92 Å². The monoisotopic (exact) mass is 424 g/mol. The highest BCUT2D eigenvalue weighted by molar-refractivity contribution is 5.97. The molecule has 2 N–H and O–H groups in total. The van der Waals surface area contributed by atoms with Gasteiger partial charge in [-0.15, -0.1) is 0 Å². The molecule has 0 fully saturated rings. The van der Waals surface area contributed by atoms with Crippen molar-refractivity contribution in [2.45, 2.75) is 66.0 Å². The maximum atomic E-state index is 13.1. The number of nitrogens with zero attached hydrogens (tertiary/aromatic N) is 1. The number of aromatic nitrogens is 1. The Labute approximate surface area is 186 Å². The number of rotatable bonds is 12. The molecule has 0 saturated heterocycles. The zero-order valence-corrected chi connectivity index (χ0v) is 19.5. The van der Waals surface area contributed by atoms with Gasteiger partial charge in [-0.3, -0.25) is 4.79 Å². The van der Waals surface area contributed by atoms with Crippen molar-refractivity contribution in [2.75, 3.05) is 19.6 Å². The molecule has 0 radical (unpaired) electrons. The quantitative estimate of drug-likeness (QED) is 0.462. The topological polar surface area (TPSA) is 51.6 Å². The summed E-state index contributed by atoms with van der Waals surface area (Å²) in [6, 6.07) is 14.6. The maximum absolute atomic E-state index is 13.1. The Bertz CT molecular complexity index is 954. The van der Waals surface area contributed by atoms with Crippen molar-refractivity contribution in [2.24, 2.45) is 0 Å². The number of hydrogen-bond donors (Lipinski definition) is 2. The van der Waals surface area contributed by atoms with E-state index in [1.807, 2.05) is 25.1 Å². The second-order valence-corrected chi connectivity index (χ2v) is 8.60. The molecule has 0 aliphatic rings. The molecule has 0 bridgehead atoms. The van der Waals surface area contributed by atoms with Crippen LogP contribution in [0.5, 0.6) is 0 Å². The summed E-state index contributed by atoms with van der Waals surface area (Å²) in [5, 5.41) is 3.21. The van der Waals surface area contributed by atoms with Gasteiger partial charge in [0, 0.05) is 24.7 Å². The highest BCUT2D eigenvalue weighted by atomic mass is 16.3. The number of carbonyl (C=O) groups excluding carboxylic acids is 1. The molecule has 31 heavy (non-hydrogen) atoms. The molecule has 5 nitrogen and oxygen atoms in total. The summed E-state index contributed by atoms with van der Waals surface area (Å²) in [6.07, 6.45) is 4.08. The van der Waals surface area contributed by atoms with Gasteiger partial charge in [-0.25, -0.2) is 0 Å². The number of quaternary nitrogens is 1. The van der Waals surface area contributed by atoms with E-state index in [4.69, 9.17) is 4.42 Å². The van der Waals surface area contributed by atoms with Gasteiger partial charge in [-0.05, 0) is 58.9 Å². The first-order valence-electron chi connectivity index (χ1n) is 11.8. The molecule has 2 aromatic heterocycles. The lowest BCUT2D eigenvalue weighted by Gasteiger charge is -2.18. The van der Waals surface area contributed by atoms with Crippen molar-refractivity contribution in [3.8, 4) is 0 Å². The molecule has 168 valence electrons. The summed E-state index contributed by atoms with van der Waals surface area (Å²) in [6.45, 7) is 12.8. The smallest absolute Gasteiger partial charge is 0.268 e. The molecule has 0 aliphatic carbocycles. The van der Waals surface area contributed by atoms with Gasteiger partial charge in [-0.2, -0.15) is 0 Å². The predicted molar refractivity (Wildman–Crippen MR) is 127 cm³/mol. The summed E-state index contributed by atoms with van der Waals surface area (Å²) in [5.74, 6) is 0.868. The Morgan fingerprint density at radius 2 is 1.87 bits per heavy atom. The maximum Gasteiger partial charge on any atom is 0.268 e. The summed E-state index contributed by atoms with van der Waals surface area (Å²) in [4.78, 5) is 14.7. The van der Waals surface area contributed by atoms with Crippen molar-refractivity contribution in [3.05, 3.63) is 59.5 Å². The fourth-order valence-electron chi connectivity index (χ4n) is 4.31. The van der Waals surface area contributed by atoms with Gasteiger partial charge in [0.25, 0.3) is 5.91 Å². The lowest BCUT2D eigenvalue weighted by atomic mass is 10.1. The second kappa shape index (κ2) is 11.2. The van der Waals surface area contributed by atoms with Crippen LogP contribution in [0.2, 0.25) is 0 Å². The van der Waals surface area contributed by atoms with E-state index in [-0.39, 0.29) is 11.9 Å². The van der Waals surface area contributed by atoms with Crippen LogP contribution in [0.1, 0.15) is 61.8 Å². The molecule has 0 spiro atoms. The van der Waals surface area contributed by atoms with Crippen molar-refractivity contribution in [1.29, 1.82) is 0 Å². The van der Waals surface area contributed by atoms with Gasteiger partial charge >= 0.3 is 0 Å². The van der Waals surface area contributed by atoms with Gasteiger partial charge in [-0.1, -0.05) is 30.3 Å². The number of furan rings is 1. The zero-order chi connectivity index (χ0) is 22.2. The first-order valence-corrected chi connectivity index (χ1v) is 11.8. The van der Waals surface area contributed by atoms with Crippen LogP contribution in [0.3, 0.4) is 0 Å². The summed E-state index contributed by atoms with van der Waals surface area (Å²) in [5.41, 5.74) is 3.82. The van der Waals surface area contributed by atoms with Crippen molar-refractivity contribution < 1.29 is 14.1 Å². The van der Waals surface area contributed by atoms with Crippen molar-refractivity contribution >= 4 is 17.0 Å². The highest BCUT2D eigenvalue weighted by Gasteiger charge is 2.19. The number of hydrogen-bond acceptors (Lipinski definition) is 2. The molecule has 5 heteroatoms. The van der Waals surface area contributed by atoms with E-state index in [0.29, 0.717) is 5.69 Å². The minimum Gasteiger partial charge on any atom is -0.460 e. The minimum atomic E-state index is -0.00792. The molecule has 0 unspecified atom stereocenters. The van der Waals surface area contributed by atoms with Crippen LogP contribution < -0.4 is 10.2 Å². The summed E-state index contributed by atoms with van der Waals surface area (Å²) >= 11 is 0. The van der Waals surface area contributed by atoms with Gasteiger partial charge < -0.3 is 19.2 Å². The molecule has 3 aromatic rings. The van der Waals surface area contributed by atoms with Crippen LogP contribution in [0.4, 0.5) is 0 Å². The second-order valence-electron chi connectivity index (χ2n) is 8.60. The van der Waals surface area contributed by atoms with E-state index >= 15 is 0 Å². The summed E-state index contributed by atoms with van der Waals surface area (Å²) < 4.78 is 7.94. The van der Waals surface area contributed by atoms with Crippen molar-refractivity contribution in [3.63, 3.8) is 0 Å². The minimum absolute atomic E-state index is 0.00792. The molecular formula is C26H38N3O2+. The normalized spacial score (nSPS) is 12.5. The van der Waals surface area contributed by atoms with Crippen LogP contribution in [-0.4, -0.2) is 36.2 Å². The first-order chi connectivity index (χ1) is 15.0. The molecule has 1 aromatic carbocycles. The van der Waals surface area contributed by atoms with Gasteiger partial charge in [0.2, 0.25) is 0 Å². The molecule has 1 atom stereocenters. The molecule has 0 aliphatic heterocycles. The fraction of sp³-hybridized carbons (Fsp3) is 0.500. The average Bonchev–Trinajstić information content (AvgIpc) is 3.28. The molecule has 0 saturated carbocycles. The fourth-order valence-corrected chi connectivity index (χ4v) is 4.31. The van der Waals surface area contributed by atoms with Crippen LogP contribution in [-0.2, 0) is 13.0 Å². The zero-order valence-electron chi connectivity index (χ0n) is 19.5. The Hall–Kier alpha value is -2.53. The number of fused-ring (bicyclic) bond motifs is 1. The summed E-state index contributed by atoms with van der Waals surface area (Å²) in [7, 11) is 0. The standard InChI is InChI=1S/C26H37N3O2/c1-5-28(6-2)16-10-12-20(3)27-26(30)24-19-25-23(18-21(4)31-25)29(24)17-11-15-22-13-8-7-9-14-22/h7-9,13-14,18-20H,5-6,10-12,15-17H2,1-4H3,(H,27,30)/p+1/t20-/m1/s1. The van der Waals surface area contributed by atoms with E-state index < -0.39 is 0 Å². The number of nitrogens with one attached hydrogen (secondary N) is 2. The number of benzene rings is 1. The Morgan fingerprint density at radius 1 is 1.13 bits per heavy atom. The van der Waals surface area contributed by atoms with E-state index in [9.17, 15) is 4.79 Å². The van der Waals surface area contributed by atoms with Crippen LogP contribution >= 0.6 is 0 Å².